The highest BCUT2D eigenvalue weighted by Crippen LogP contribution is 2.32. The van der Waals surface area contributed by atoms with E-state index >= 15 is 0 Å². The van der Waals surface area contributed by atoms with Crippen molar-refractivity contribution in [1.29, 1.82) is 0 Å². The van der Waals surface area contributed by atoms with Crippen LogP contribution in [0.25, 0.3) is 0 Å². The van der Waals surface area contributed by atoms with Crippen LogP contribution in [0.2, 0.25) is 0 Å². The number of ether oxygens (including phenoxy) is 1. The van der Waals surface area contributed by atoms with Crippen molar-refractivity contribution in [1.82, 2.24) is 25.5 Å². The van der Waals surface area contributed by atoms with E-state index in [0.29, 0.717) is 5.92 Å². The summed E-state index contributed by atoms with van der Waals surface area (Å²) < 4.78 is 7.76. The summed E-state index contributed by atoms with van der Waals surface area (Å²) in [5.41, 5.74) is 1.20. The zero-order valence-corrected chi connectivity index (χ0v) is 14.0. The summed E-state index contributed by atoms with van der Waals surface area (Å²) >= 11 is 0. The number of aromatic nitrogens is 4. The predicted molar refractivity (Wildman–Crippen MR) is 94.5 cm³/mol. The van der Waals surface area contributed by atoms with Gasteiger partial charge in [0, 0.05) is 6.54 Å². The first-order chi connectivity index (χ1) is 12.4. The number of nitrogens with one attached hydrogen (secondary N) is 1. The first-order valence-corrected chi connectivity index (χ1v) is 8.66. The van der Waals surface area contributed by atoms with E-state index in [1.54, 1.807) is 6.33 Å². The van der Waals surface area contributed by atoms with Gasteiger partial charge in [0.1, 0.15) is 17.8 Å². The van der Waals surface area contributed by atoms with E-state index in [1.165, 1.54) is 18.4 Å². The number of rotatable bonds is 5. The molecule has 25 heavy (non-hydrogen) atoms. The Morgan fingerprint density at radius 1 is 1.04 bits per heavy atom. The van der Waals surface area contributed by atoms with E-state index < -0.39 is 0 Å². The fraction of sp³-hybridized carbons (Fsp3) is 0.316. The van der Waals surface area contributed by atoms with Gasteiger partial charge < -0.3 is 10.1 Å². The summed E-state index contributed by atoms with van der Waals surface area (Å²) in [7, 11) is 0. The average Bonchev–Trinajstić information content (AvgIpc) is 3.19. The molecular formula is C19H21N5O. The molecule has 1 saturated heterocycles. The lowest BCUT2D eigenvalue weighted by Crippen LogP contribution is -2.36. The zero-order chi connectivity index (χ0) is 16.9. The number of tetrazole rings is 1. The first kappa shape index (κ1) is 15.8. The quantitative estimate of drug-likeness (QED) is 0.776. The molecular weight excluding hydrogens is 314 g/mol. The molecule has 128 valence electrons. The van der Waals surface area contributed by atoms with Gasteiger partial charge in [-0.1, -0.05) is 30.3 Å². The summed E-state index contributed by atoms with van der Waals surface area (Å²) in [5, 5.41) is 15.3. The Morgan fingerprint density at radius 2 is 1.84 bits per heavy atom. The molecule has 1 fully saturated rings. The molecule has 6 nitrogen and oxygen atoms in total. The Kier molecular flexibility index (Phi) is 4.70. The van der Waals surface area contributed by atoms with Crippen molar-refractivity contribution < 1.29 is 4.74 Å². The minimum atomic E-state index is 0.133. The second-order valence-corrected chi connectivity index (χ2v) is 6.33. The maximum absolute atomic E-state index is 5.89. The topological polar surface area (TPSA) is 64.9 Å². The minimum Gasteiger partial charge on any atom is -0.457 e. The Morgan fingerprint density at radius 3 is 2.52 bits per heavy atom. The molecule has 2 aromatic carbocycles. The van der Waals surface area contributed by atoms with Gasteiger partial charge in [0.05, 0.1) is 6.04 Å². The Bertz CT molecular complexity index is 767. The molecule has 1 aliphatic heterocycles. The average molecular weight is 335 g/mol. The minimum absolute atomic E-state index is 0.133. The summed E-state index contributed by atoms with van der Waals surface area (Å²) in [5.74, 6) is 2.13. The van der Waals surface area contributed by atoms with Crippen LogP contribution in [0.3, 0.4) is 0 Å². The lowest BCUT2D eigenvalue weighted by Gasteiger charge is -2.30. The van der Waals surface area contributed by atoms with Gasteiger partial charge in [-0.05, 0) is 65.6 Å². The normalized spacial score (nSPS) is 18.6. The maximum Gasteiger partial charge on any atom is 0.138 e. The van der Waals surface area contributed by atoms with Crippen LogP contribution >= 0.6 is 0 Å². The van der Waals surface area contributed by atoms with E-state index in [0.717, 1.165) is 24.6 Å². The summed E-state index contributed by atoms with van der Waals surface area (Å²) in [4.78, 5) is 0. The lowest BCUT2D eigenvalue weighted by molar-refractivity contribution is 0.278. The van der Waals surface area contributed by atoms with Crippen molar-refractivity contribution in [3.63, 3.8) is 0 Å². The molecule has 1 unspecified atom stereocenters. The molecule has 0 bridgehead atoms. The molecule has 1 aliphatic rings. The van der Waals surface area contributed by atoms with Crippen molar-refractivity contribution >= 4 is 0 Å². The van der Waals surface area contributed by atoms with Gasteiger partial charge in [-0.3, -0.25) is 0 Å². The number of piperidine rings is 1. The van der Waals surface area contributed by atoms with Crippen molar-refractivity contribution in [2.75, 3.05) is 13.1 Å². The third-order valence-corrected chi connectivity index (χ3v) is 4.63. The van der Waals surface area contributed by atoms with Gasteiger partial charge in [0.25, 0.3) is 0 Å². The smallest absolute Gasteiger partial charge is 0.138 e. The van der Waals surface area contributed by atoms with Crippen LogP contribution in [0, 0.1) is 5.92 Å². The molecule has 2 atom stereocenters. The van der Waals surface area contributed by atoms with Gasteiger partial charge in [-0.15, -0.1) is 5.10 Å². The molecule has 1 aromatic heterocycles. The molecule has 0 aliphatic carbocycles. The van der Waals surface area contributed by atoms with E-state index in [2.05, 4.69) is 33.0 Å². The van der Waals surface area contributed by atoms with Crippen LogP contribution in [0.5, 0.6) is 11.5 Å². The van der Waals surface area contributed by atoms with Crippen LogP contribution in [0.4, 0.5) is 0 Å². The summed E-state index contributed by atoms with van der Waals surface area (Å²) in [6.07, 6.45) is 4.05. The molecule has 0 radical (unpaired) electrons. The van der Waals surface area contributed by atoms with Crippen LogP contribution < -0.4 is 10.1 Å². The molecule has 3 aromatic rings. The summed E-state index contributed by atoms with van der Waals surface area (Å²) in [6.45, 7) is 2.06. The van der Waals surface area contributed by atoms with Crippen molar-refractivity contribution in [2.24, 2.45) is 5.92 Å². The molecule has 4 rings (SSSR count). The molecule has 0 spiro atoms. The molecule has 2 heterocycles. The van der Waals surface area contributed by atoms with Gasteiger partial charge in [-0.25, -0.2) is 4.68 Å². The van der Waals surface area contributed by atoms with Crippen LogP contribution in [0.15, 0.2) is 60.9 Å². The van der Waals surface area contributed by atoms with Gasteiger partial charge >= 0.3 is 0 Å². The van der Waals surface area contributed by atoms with Gasteiger partial charge in [-0.2, -0.15) is 0 Å². The van der Waals surface area contributed by atoms with Crippen LogP contribution in [0.1, 0.15) is 24.4 Å². The number of benzene rings is 2. The largest absolute Gasteiger partial charge is 0.457 e. The Balaban J connectivity index is 1.57. The second kappa shape index (κ2) is 7.44. The Labute approximate surface area is 146 Å². The number of para-hydroxylation sites is 1. The van der Waals surface area contributed by atoms with E-state index in [-0.39, 0.29) is 6.04 Å². The van der Waals surface area contributed by atoms with E-state index in [9.17, 15) is 0 Å². The van der Waals surface area contributed by atoms with Crippen LogP contribution in [-0.4, -0.2) is 33.3 Å². The number of hydrogen-bond donors (Lipinski definition) is 1. The van der Waals surface area contributed by atoms with Crippen molar-refractivity contribution in [3.05, 3.63) is 66.5 Å². The van der Waals surface area contributed by atoms with Crippen molar-refractivity contribution in [3.8, 4) is 11.5 Å². The van der Waals surface area contributed by atoms with Crippen molar-refractivity contribution in [2.45, 2.75) is 18.9 Å². The third kappa shape index (κ3) is 3.69. The third-order valence-electron chi connectivity index (χ3n) is 4.63. The number of nitrogens with zero attached hydrogens (tertiary/aromatic N) is 4. The fourth-order valence-corrected chi connectivity index (χ4v) is 3.44. The monoisotopic (exact) mass is 335 g/mol. The standard InChI is InChI=1S/C19H21N5O/c1-2-6-17(7-3-1)25-18-10-8-15(9-11-18)19(24-14-21-22-23-24)16-5-4-12-20-13-16/h1-3,6-11,14,16,19-20H,4-5,12-13H2/t16?,19-/m1/s1. The lowest BCUT2D eigenvalue weighted by atomic mass is 9.87. The van der Waals surface area contributed by atoms with Crippen LogP contribution in [-0.2, 0) is 0 Å². The molecule has 1 N–H and O–H groups in total. The van der Waals surface area contributed by atoms with E-state index in [1.807, 2.05) is 47.1 Å². The first-order valence-electron chi connectivity index (χ1n) is 8.66. The zero-order valence-electron chi connectivity index (χ0n) is 14.0. The van der Waals surface area contributed by atoms with Gasteiger partial charge in [0.15, 0.2) is 0 Å². The summed E-state index contributed by atoms with van der Waals surface area (Å²) in [6, 6.07) is 18.2. The second-order valence-electron chi connectivity index (χ2n) is 6.33. The molecule has 6 heteroatoms. The van der Waals surface area contributed by atoms with E-state index in [4.69, 9.17) is 4.74 Å². The molecule has 0 saturated carbocycles. The highest BCUT2D eigenvalue weighted by molar-refractivity contribution is 5.34. The van der Waals surface area contributed by atoms with Gasteiger partial charge in [0.2, 0.25) is 0 Å². The fourth-order valence-electron chi connectivity index (χ4n) is 3.44. The highest BCUT2D eigenvalue weighted by Gasteiger charge is 2.27. The SMILES string of the molecule is c1ccc(Oc2ccc([C@H](C3CCCNC3)n3cnnn3)cc2)cc1. The Hall–Kier alpha value is -2.73. The molecule has 0 amide bonds. The maximum atomic E-state index is 5.89. The predicted octanol–water partition coefficient (Wildman–Crippen LogP) is 3.05. The number of hydrogen-bond acceptors (Lipinski definition) is 5. The highest BCUT2D eigenvalue weighted by atomic mass is 16.5.